The van der Waals surface area contributed by atoms with Crippen LogP contribution in [0.4, 0.5) is 5.69 Å². The van der Waals surface area contributed by atoms with E-state index in [1.54, 1.807) is 25.2 Å². The Labute approximate surface area is 111 Å². The van der Waals surface area contributed by atoms with Gasteiger partial charge in [0.25, 0.3) is 0 Å². The number of hydrogen-bond donors (Lipinski definition) is 0. The van der Waals surface area contributed by atoms with Crippen LogP contribution in [0.15, 0.2) is 42.7 Å². The van der Waals surface area contributed by atoms with Crippen LogP contribution in [-0.4, -0.2) is 19.2 Å². The van der Waals surface area contributed by atoms with Gasteiger partial charge >= 0.3 is 0 Å². The van der Waals surface area contributed by atoms with Gasteiger partial charge in [-0.25, -0.2) is 0 Å². The van der Waals surface area contributed by atoms with Crippen LogP contribution in [0.1, 0.15) is 11.5 Å². The van der Waals surface area contributed by atoms with Crippen molar-refractivity contribution in [3.63, 3.8) is 0 Å². The summed E-state index contributed by atoms with van der Waals surface area (Å²) in [4.78, 5) is 25.2. The van der Waals surface area contributed by atoms with E-state index in [0.717, 1.165) is 5.69 Å². The van der Waals surface area contributed by atoms with Gasteiger partial charge in [0.05, 0.1) is 12.0 Å². The highest BCUT2D eigenvalue weighted by Gasteiger charge is 2.49. The Morgan fingerprint density at radius 3 is 2.74 bits per heavy atom. The normalized spacial score (nSPS) is 19.9. The number of fused-ring (bicyclic) bond motifs is 1. The van der Waals surface area contributed by atoms with Crippen LogP contribution in [0.25, 0.3) is 0 Å². The lowest BCUT2D eigenvalue weighted by atomic mass is 9.74. The number of carbonyl (C=O) groups excluding carboxylic acids is 2. The van der Waals surface area contributed by atoms with Crippen LogP contribution in [0.2, 0.25) is 0 Å². The highest BCUT2D eigenvalue weighted by molar-refractivity contribution is 6.07. The lowest BCUT2D eigenvalue weighted by molar-refractivity contribution is -0.124. The maximum Gasteiger partial charge on any atom is 0.236 e. The molecule has 1 heterocycles. The number of hydrogen-bond acceptors (Lipinski definition) is 3. The second kappa shape index (κ2) is 4.56. The molecule has 0 saturated carbocycles. The van der Waals surface area contributed by atoms with Crippen molar-refractivity contribution >= 4 is 17.9 Å². The number of rotatable bonds is 3. The molecule has 2 unspecified atom stereocenters. The fraction of sp³-hybridized carbons (Fsp3) is 0.200. The van der Waals surface area contributed by atoms with Crippen molar-refractivity contribution in [2.75, 3.05) is 11.9 Å². The number of allylic oxidation sites excluding steroid dienone is 1. The first-order valence-electron chi connectivity index (χ1n) is 5.72. The van der Waals surface area contributed by atoms with Gasteiger partial charge < -0.3 is 9.69 Å². The van der Waals surface area contributed by atoms with E-state index < -0.39 is 11.3 Å². The molecule has 2 rings (SSSR count). The Hall–Kier alpha value is -2.63. The maximum atomic E-state index is 12.3. The number of likely N-dealkylation sites (N-methyl/N-ethyl adjacent to an activating group) is 1. The van der Waals surface area contributed by atoms with Crippen molar-refractivity contribution in [1.29, 1.82) is 5.26 Å². The molecule has 0 aromatic heterocycles. The minimum absolute atomic E-state index is 0.277. The van der Waals surface area contributed by atoms with Gasteiger partial charge in [-0.05, 0) is 17.7 Å². The summed E-state index contributed by atoms with van der Waals surface area (Å²) in [6.45, 7) is 3.40. The van der Waals surface area contributed by atoms with Crippen LogP contribution in [-0.2, 0) is 9.59 Å². The number of anilines is 1. The number of nitrogens with zero attached hydrogens (tertiary/aromatic N) is 2. The highest BCUT2D eigenvalue weighted by Crippen LogP contribution is 2.45. The van der Waals surface area contributed by atoms with Crippen molar-refractivity contribution in [2.24, 2.45) is 5.41 Å². The SMILES string of the molecule is C=C=CC(C#N)(C=O)C1C(=O)N(C)c2ccccc21. The third-order valence-corrected chi connectivity index (χ3v) is 3.39. The molecule has 4 heteroatoms. The number of benzene rings is 1. The van der Waals surface area contributed by atoms with E-state index in [4.69, 9.17) is 0 Å². The molecule has 1 aliphatic rings. The molecule has 0 spiro atoms. The van der Waals surface area contributed by atoms with E-state index in [2.05, 4.69) is 12.3 Å². The van der Waals surface area contributed by atoms with Crippen molar-refractivity contribution < 1.29 is 9.59 Å². The van der Waals surface area contributed by atoms with Gasteiger partial charge in [0.1, 0.15) is 6.29 Å². The lowest BCUT2D eigenvalue weighted by Crippen LogP contribution is -2.35. The number of carbonyl (C=O) groups is 2. The molecule has 0 fully saturated rings. The number of nitriles is 1. The largest absolute Gasteiger partial charge is 0.315 e. The van der Waals surface area contributed by atoms with Gasteiger partial charge in [0.2, 0.25) is 5.91 Å². The van der Waals surface area contributed by atoms with E-state index in [9.17, 15) is 14.9 Å². The average Bonchev–Trinajstić information content (AvgIpc) is 2.70. The van der Waals surface area contributed by atoms with Gasteiger partial charge in [-0.1, -0.05) is 24.8 Å². The van der Waals surface area contributed by atoms with Gasteiger partial charge in [-0.15, -0.1) is 5.73 Å². The van der Waals surface area contributed by atoms with E-state index in [1.807, 2.05) is 12.1 Å². The fourth-order valence-electron chi connectivity index (χ4n) is 2.42. The Morgan fingerprint density at radius 2 is 2.16 bits per heavy atom. The van der Waals surface area contributed by atoms with E-state index in [0.29, 0.717) is 11.8 Å². The van der Waals surface area contributed by atoms with Crippen molar-refractivity contribution in [3.05, 3.63) is 48.2 Å². The molecule has 0 aliphatic carbocycles. The first-order chi connectivity index (χ1) is 9.11. The fourth-order valence-corrected chi connectivity index (χ4v) is 2.42. The van der Waals surface area contributed by atoms with Crippen molar-refractivity contribution in [1.82, 2.24) is 0 Å². The predicted octanol–water partition coefficient (Wildman–Crippen LogP) is 1.80. The molecule has 0 bridgehead atoms. The summed E-state index contributed by atoms with van der Waals surface area (Å²) in [7, 11) is 1.63. The first-order valence-corrected chi connectivity index (χ1v) is 5.72. The molecule has 2 atom stereocenters. The zero-order valence-electron chi connectivity index (χ0n) is 10.5. The number of para-hydroxylation sites is 1. The molecule has 94 valence electrons. The first kappa shape index (κ1) is 12.8. The molecule has 1 aromatic rings. The average molecular weight is 252 g/mol. The maximum absolute atomic E-state index is 12.3. The van der Waals surface area contributed by atoms with Crippen LogP contribution >= 0.6 is 0 Å². The molecule has 1 amide bonds. The summed E-state index contributed by atoms with van der Waals surface area (Å²) in [5.74, 6) is -1.12. The zero-order chi connectivity index (χ0) is 14.0. The summed E-state index contributed by atoms with van der Waals surface area (Å²) < 4.78 is 0. The summed E-state index contributed by atoms with van der Waals surface area (Å²) in [5.41, 5.74) is 2.29. The molecule has 0 N–H and O–H groups in total. The quantitative estimate of drug-likeness (QED) is 0.608. The summed E-state index contributed by atoms with van der Waals surface area (Å²) >= 11 is 0. The Bertz CT molecular complexity index is 638. The molecule has 19 heavy (non-hydrogen) atoms. The summed E-state index contributed by atoms with van der Waals surface area (Å²) in [6.07, 6.45) is 1.75. The Balaban J connectivity index is 2.69. The third kappa shape index (κ3) is 1.69. The minimum atomic E-state index is -1.56. The highest BCUT2D eigenvalue weighted by atomic mass is 16.2. The third-order valence-electron chi connectivity index (χ3n) is 3.39. The lowest BCUT2D eigenvalue weighted by Gasteiger charge is -2.21. The van der Waals surface area contributed by atoms with Crippen LogP contribution in [0.5, 0.6) is 0 Å². The molecule has 1 aliphatic heterocycles. The standard InChI is InChI=1S/C15H12N2O2/c1-3-8-15(9-16,10-18)13-11-6-4-5-7-12(11)17(2)14(13)19/h4-8,10,13H,1H2,2H3. The molecule has 0 saturated heterocycles. The Kier molecular flexibility index (Phi) is 3.08. The van der Waals surface area contributed by atoms with Gasteiger partial charge in [0.15, 0.2) is 5.41 Å². The van der Waals surface area contributed by atoms with Gasteiger partial charge in [0, 0.05) is 12.7 Å². The van der Waals surface area contributed by atoms with Gasteiger partial charge in [-0.2, -0.15) is 5.26 Å². The van der Waals surface area contributed by atoms with Crippen molar-refractivity contribution in [2.45, 2.75) is 5.92 Å². The van der Waals surface area contributed by atoms with Crippen molar-refractivity contribution in [3.8, 4) is 6.07 Å². The molecule has 0 radical (unpaired) electrons. The van der Waals surface area contributed by atoms with Crippen LogP contribution in [0.3, 0.4) is 0 Å². The van der Waals surface area contributed by atoms with E-state index in [1.165, 1.54) is 11.0 Å². The smallest absolute Gasteiger partial charge is 0.236 e. The number of amides is 1. The molecular formula is C15H12N2O2. The molecule has 1 aromatic carbocycles. The van der Waals surface area contributed by atoms with Crippen LogP contribution in [0, 0.1) is 16.7 Å². The van der Waals surface area contributed by atoms with Crippen LogP contribution < -0.4 is 4.90 Å². The zero-order valence-corrected chi connectivity index (χ0v) is 10.5. The summed E-state index contributed by atoms with van der Waals surface area (Å²) in [5, 5.41) is 9.35. The van der Waals surface area contributed by atoms with E-state index in [-0.39, 0.29) is 5.91 Å². The monoisotopic (exact) mass is 252 g/mol. The number of aldehydes is 1. The molecule has 4 nitrogen and oxygen atoms in total. The molecular weight excluding hydrogens is 240 g/mol. The Morgan fingerprint density at radius 1 is 1.47 bits per heavy atom. The second-order valence-corrected chi connectivity index (χ2v) is 4.40. The predicted molar refractivity (Wildman–Crippen MR) is 70.4 cm³/mol. The second-order valence-electron chi connectivity index (χ2n) is 4.40. The van der Waals surface area contributed by atoms with E-state index >= 15 is 0 Å². The van der Waals surface area contributed by atoms with Gasteiger partial charge in [-0.3, -0.25) is 4.79 Å². The topological polar surface area (TPSA) is 61.2 Å². The summed E-state index contributed by atoms with van der Waals surface area (Å²) in [6, 6.07) is 9.06. The minimum Gasteiger partial charge on any atom is -0.315 e.